The second-order valence-corrected chi connectivity index (χ2v) is 6.33. The molecule has 0 spiro atoms. The van der Waals surface area contributed by atoms with Crippen LogP contribution in [-0.4, -0.2) is 10.9 Å². The van der Waals surface area contributed by atoms with Crippen LogP contribution in [0.25, 0.3) is 11.5 Å². The first-order valence-corrected chi connectivity index (χ1v) is 8.03. The maximum atomic E-state index is 11.9. The normalized spacial score (nSPS) is 17.3. The van der Waals surface area contributed by atoms with E-state index >= 15 is 0 Å². The summed E-state index contributed by atoms with van der Waals surface area (Å²) < 4.78 is 5.72. The number of rotatable bonds is 5. The Labute approximate surface area is 127 Å². The van der Waals surface area contributed by atoms with Crippen LogP contribution in [0.15, 0.2) is 34.1 Å². The smallest absolute Gasteiger partial charge is 0.220 e. The lowest BCUT2D eigenvalue weighted by Gasteiger charge is -2.07. The van der Waals surface area contributed by atoms with E-state index in [0.29, 0.717) is 18.9 Å². The van der Waals surface area contributed by atoms with Gasteiger partial charge in [0.1, 0.15) is 11.5 Å². The molecule has 1 amide bonds. The lowest BCUT2D eigenvalue weighted by atomic mass is 10.1. The summed E-state index contributed by atoms with van der Waals surface area (Å²) >= 11 is 1.60. The Kier molecular flexibility index (Phi) is 4.20. The van der Waals surface area contributed by atoms with Crippen molar-refractivity contribution in [2.24, 2.45) is 5.92 Å². The third-order valence-electron chi connectivity index (χ3n) is 3.55. The second kappa shape index (κ2) is 6.26. The van der Waals surface area contributed by atoms with Crippen molar-refractivity contribution in [3.05, 3.63) is 40.4 Å². The van der Waals surface area contributed by atoms with Crippen LogP contribution in [0.5, 0.6) is 0 Å². The highest BCUT2D eigenvalue weighted by molar-refractivity contribution is 7.09. The lowest BCUT2D eigenvalue weighted by molar-refractivity contribution is -0.121. The van der Waals surface area contributed by atoms with Crippen LogP contribution < -0.4 is 5.32 Å². The molecule has 2 aromatic rings. The number of carbonyl (C=O) groups excluding carboxylic acids is 1. The molecule has 0 radical (unpaired) electrons. The number of furan rings is 1. The molecule has 0 fully saturated rings. The molecule has 1 aliphatic carbocycles. The number of amides is 1. The van der Waals surface area contributed by atoms with Gasteiger partial charge in [0.25, 0.3) is 0 Å². The molecule has 1 atom stereocenters. The van der Waals surface area contributed by atoms with Gasteiger partial charge in [0.05, 0.1) is 11.6 Å². The number of allylic oxidation sites excluding steroid dienone is 2. The molecule has 2 heterocycles. The number of nitrogens with zero attached hydrogens (tertiary/aromatic N) is 1. The van der Waals surface area contributed by atoms with Crippen molar-refractivity contribution < 1.29 is 9.21 Å². The van der Waals surface area contributed by atoms with Gasteiger partial charge in [-0.1, -0.05) is 12.2 Å². The SMILES string of the molecule is Cc1nc(-c2ccc(CNC(=O)CC3C=CCC3)o2)cs1. The zero-order chi connectivity index (χ0) is 14.7. The quantitative estimate of drug-likeness (QED) is 0.857. The first-order chi connectivity index (χ1) is 10.2. The fraction of sp³-hybridized carbons (Fsp3) is 0.375. The molecule has 0 saturated heterocycles. The molecular weight excluding hydrogens is 284 g/mol. The minimum absolute atomic E-state index is 0.0778. The molecule has 0 saturated carbocycles. The highest BCUT2D eigenvalue weighted by Crippen LogP contribution is 2.24. The van der Waals surface area contributed by atoms with Gasteiger partial charge in [-0.3, -0.25) is 4.79 Å². The largest absolute Gasteiger partial charge is 0.458 e. The molecule has 1 aliphatic rings. The first kappa shape index (κ1) is 14.1. The predicted octanol–water partition coefficient (Wildman–Crippen LogP) is 3.68. The number of aryl methyl sites for hydroxylation is 1. The van der Waals surface area contributed by atoms with Crippen molar-refractivity contribution in [3.63, 3.8) is 0 Å². The van der Waals surface area contributed by atoms with Gasteiger partial charge < -0.3 is 9.73 Å². The molecule has 110 valence electrons. The van der Waals surface area contributed by atoms with E-state index in [9.17, 15) is 4.79 Å². The van der Waals surface area contributed by atoms with Gasteiger partial charge in [0.15, 0.2) is 5.76 Å². The molecule has 0 bridgehead atoms. The van der Waals surface area contributed by atoms with Crippen LogP contribution in [0.1, 0.15) is 30.0 Å². The van der Waals surface area contributed by atoms with Gasteiger partial charge in [-0.25, -0.2) is 4.98 Å². The summed E-state index contributed by atoms with van der Waals surface area (Å²) in [6.45, 7) is 2.40. The van der Waals surface area contributed by atoms with Crippen molar-refractivity contribution in [1.82, 2.24) is 10.3 Å². The fourth-order valence-corrected chi connectivity index (χ4v) is 3.05. The van der Waals surface area contributed by atoms with Crippen LogP contribution in [0.4, 0.5) is 0 Å². The standard InChI is InChI=1S/C16H18N2O2S/c1-11-18-14(10-21-11)15-7-6-13(20-15)9-17-16(19)8-12-4-2-3-5-12/h2,4,6-7,10,12H,3,5,8-9H2,1H3,(H,17,19). The topological polar surface area (TPSA) is 55.1 Å². The Morgan fingerprint density at radius 2 is 2.43 bits per heavy atom. The van der Waals surface area contributed by atoms with E-state index in [2.05, 4.69) is 22.5 Å². The summed E-state index contributed by atoms with van der Waals surface area (Å²) in [5.74, 6) is 1.98. The molecule has 1 unspecified atom stereocenters. The third kappa shape index (κ3) is 3.61. The minimum atomic E-state index is 0.0778. The Morgan fingerprint density at radius 3 is 3.14 bits per heavy atom. The van der Waals surface area contributed by atoms with E-state index in [1.165, 1.54) is 0 Å². The highest BCUT2D eigenvalue weighted by Gasteiger charge is 2.14. The van der Waals surface area contributed by atoms with E-state index in [1.807, 2.05) is 24.4 Å². The van der Waals surface area contributed by atoms with Crippen molar-refractivity contribution in [1.29, 1.82) is 0 Å². The van der Waals surface area contributed by atoms with E-state index in [0.717, 1.165) is 35.1 Å². The molecule has 0 aliphatic heterocycles. The molecule has 1 N–H and O–H groups in total. The van der Waals surface area contributed by atoms with Crippen LogP contribution in [-0.2, 0) is 11.3 Å². The molecule has 21 heavy (non-hydrogen) atoms. The zero-order valence-corrected chi connectivity index (χ0v) is 12.8. The summed E-state index contributed by atoms with van der Waals surface area (Å²) in [5, 5.41) is 5.90. The van der Waals surface area contributed by atoms with Crippen molar-refractivity contribution in [2.75, 3.05) is 0 Å². The summed E-state index contributed by atoms with van der Waals surface area (Å²) in [7, 11) is 0. The fourth-order valence-electron chi connectivity index (χ4n) is 2.45. The third-order valence-corrected chi connectivity index (χ3v) is 4.33. The van der Waals surface area contributed by atoms with Gasteiger partial charge in [-0.15, -0.1) is 11.3 Å². The first-order valence-electron chi connectivity index (χ1n) is 7.15. The average molecular weight is 302 g/mol. The van der Waals surface area contributed by atoms with Crippen molar-refractivity contribution in [2.45, 2.75) is 32.7 Å². The van der Waals surface area contributed by atoms with Gasteiger partial charge in [-0.2, -0.15) is 0 Å². The summed E-state index contributed by atoms with van der Waals surface area (Å²) in [5.41, 5.74) is 0.853. The van der Waals surface area contributed by atoms with Crippen LogP contribution in [0.2, 0.25) is 0 Å². The van der Waals surface area contributed by atoms with Crippen molar-refractivity contribution >= 4 is 17.2 Å². The Morgan fingerprint density at radius 1 is 1.52 bits per heavy atom. The Balaban J connectivity index is 1.52. The van der Waals surface area contributed by atoms with Gasteiger partial charge in [0, 0.05) is 11.8 Å². The second-order valence-electron chi connectivity index (χ2n) is 5.26. The molecule has 5 heteroatoms. The predicted molar refractivity (Wildman–Crippen MR) is 82.9 cm³/mol. The molecule has 0 aromatic carbocycles. The number of nitrogens with one attached hydrogen (secondary N) is 1. The van der Waals surface area contributed by atoms with E-state index < -0.39 is 0 Å². The summed E-state index contributed by atoms with van der Waals surface area (Å²) in [6, 6.07) is 3.79. The van der Waals surface area contributed by atoms with E-state index in [-0.39, 0.29) is 5.91 Å². The van der Waals surface area contributed by atoms with E-state index in [1.54, 1.807) is 11.3 Å². The highest BCUT2D eigenvalue weighted by atomic mass is 32.1. The number of thiazole rings is 1. The van der Waals surface area contributed by atoms with Gasteiger partial charge in [0.2, 0.25) is 5.91 Å². The molecule has 2 aromatic heterocycles. The number of hydrogen-bond donors (Lipinski definition) is 1. The zero-order valence-electron chi connectivity index (χ0n) is 12.0. The maximum absolute atomic E-state index is 11.9. The molecule has 3 rings (SSSR count). The average Bonchev–Trinajstić information content (AvgIpc) is 3.17. The number of carbonyl (C=O) groups is 1. The summed E-state index contributed by atoms with van der Waals surface area (Å²) in [4.78, 5) is 16.2. The number of hydrogen-bond acceptors (Lipinski definition) is 4. The van der Waals surface area contributed by atoms with Crippen LogP contribution >= 0.6 is 11.3 Å². The molecule has 4 nitrogen and oxygen atoms in total. The van der Waals surface area contributed by atoms with Gasteiger partial charge >= 0.3 is 0 Å². The maximum Gasteiger partial charge on any atom is 0.220 e. The monoisotopic (exact) mass is 302 g/mol. The lowest BCUT2D eigenvalue weighted by Crippen LogP contribution is -2.24. The minimum Gasteiger partial charge on any atom is -0.458 e. The van der Waals surface area contributed by atoms with E-state index in [4.69, 9.17) is 4.42 Å². The van der Waals surface area contributed by atoms with Crippen LogP contribution in [0, 0.1) is 12.8 Å². The van der Waals surface area contributed by atoms with Crippen LogP contribution in [0.3, 0.4) is 0 Å². The van der Waals surface area contributed by atoms with Gasteiger partial charge in [-0.05, 0) is 37.8 Å². The Bertz CT molecular complexity index is 657. The molecular formula is C16H18N2O2S. The Hall–Kier alpha value is -1.88. The summed E-state index contributed by atoms with van der Waals surface area (Å²) in [6.07, 6.45) is 7.02. The van der Waals surface area contributed by atoms with Crippen molar-refractivity contribution in [3.8, 4) is 11.5 Å². The number of aromatic nitrogens is 1.